The fraction of sp³-hybridized carbons (Fsp3) is 0.400. The van der Waals surface area contributed by atoms with Gasteiger partial charge in [-0.1, -0.05) is 0 Å². The zero-order chi connectivity index (χ0) is 11.5. The second-order valence-corrected chi connectivity index (χ2v) is 4.85. The predicted molar refractivity (Wildman–Crippen MR) is 77.0 cm³/mol. The maximum Gasteiger partial charge on any atom is 0.253 e. The van der Waals surface area contributed by atoms with Gasteiger partial charge < -0.3 is 11.1 Å². The summed E-state index contributed by atoms with van der Waals surface area (Å²) in [5.41, 5.74) is 5.64. The molecule has 98 valence electrons. The Bertz CT molecular complexity index is 374. The van der Waals surface area contributed by atoms with Crippen molar-refractivity contribution in [3.05, 3.63) is 28.5 Å². The molecule has 3 N–H and O–H groups in total. The first-order chi connectivity index (χ1) is 6.94. The van der Waals surface area contributed by atoms with Crippen LogP contribution in [-0.2, 0) is 0 Å². The first-order valence-corrected chi connectivity index (χ1v) is 5.37. The molecule has 0 unspecified atom stereocenters. The smallest absolute Gasteiger partial charge is 0.253 e. The molecule has 1 rings (SSSR count). The lowest BCUT2D eigenvalue weighted by atomic mass is 10.1. The molecule has 0 aliphatic heterocycles. The van der Waals surface area contributed by atoms with Crippen LogP contribution in [0.15, 0.2) is 22.9 Å². The molecule has 0 saturated heterocycles. The zero-order valence-corrected chi connectivity index (χ0v) is 12.8. The molecule has 0 aliphatic rings. The third-order valence-electron chi connectivity index (χ3n) is 1.93. The molecule has 0 aliphatic carbocycles. The lowest BCUT2D eigenvalue weighted by molar-refractivity contribution is 0.0915. The first kappa shape index (κ1) is 19.0. The molecule has 4 nitrogen and oxygen atoms in total. The summed E-state index contributed by atoms with van der Waals surface area (Å²) >= 11 is 3.26. The number of halogens is 3. The number of carbonyl (C=O) groups is 1. The molecule has 0 bridgehead atoms. The third kappa shape index (κ3) is 6.21. The van der Waals surface area contributed by atoms with Crippen LogP contribution in [0.5, 0.6) is 0 Å². The van der Waals surface area contributed by atoms with E-state index in [1.807, 2.05) is 13.8 Å². The van der Waals surface area contributed by atoms with Gasteiger partial charge in [-0.05, 0) is 35.8 Å². The van der Waals surface area contributed by atoms with Crippen LogP contribution in [-0.4, -0.2) is 23.0 Å². The summed E-state index contributed by atoms with van der Waals surface area (Å²) in [5, 5.41) is 2.82. The molecule has 0 aromatic carbocycles. The SMILES string of the molecule is CC(C)(CN)NC(=O)c1cncc(Br)c1.Cl.Cl. The van der Waals surface area contributed by atoms with Crippen LogP contribution in [0.1, 0.15) is 24.2 Å². The van der Waals surface area contributed by atoms with E-state index in [2.05, 4.69) is 26.2 Å². The average molecular weight is 345 g/mol. The second-order valence-electron chi connectivity index (χ2n) is 3.93. The van der Waals surface area contributed by atoms with Gasteiger partial charge in [0.25, 0.3) is 5.91 Å². The van der Waals surface area contributed by atoms with Crippen molar-refractivity contribution in [3.8, 4) is 0 Å². The number of aromatic nitrogens is 1. The maximum atomic E-state index is 11.7. The van der Waals surface area contributed by atoms with Gasteiger partial charge in [0.05, 0.1) is 5.56 Å². The van der Waals surface area contributed by atoms with Gasteiger partial charge in [0.15, 0.2) is 0 Å². The second kappa shape index (κ2) is 7.87. The number of pyridine rings is 1. The Morgan fingerprint density at radius 1 is 1.47 bits per heavy atom. The number of hydrogen-bond acceptors (Lipinski definition) is 3. The van der Waals surface area contributed by atoms with Gasteiger partial charge in [0, 0.05) is 29.0 Å². The Balaban J connectivity index is 0. The molecule has 1 aromatic heterocycles. The summed E-state index contributed by atoms with van der Waals surface area (Å²) < 4.78 is 0.778. The maximum absolute atomic E-state index is 11.7. The van der Waals surface area contributed by atoms with E-state index in [-0.39, 0.29) is 30.7 Å². The molecule has 1 aromatic rings. The van der Waals surface area contributed by atoms with Crippen molar-refractivity contribution in [2.75, 3.05) is 6.54 Å². The van der Waals surface area contributed by atoms with E-state index in [9.17, 15) is 4.79 Å². The summed E-state index contributed by atoms with van der Waals surface area (Å²) in [7, 11) is 0. The van der Waals surface area contributed by atoms with Crippen LogP contribution in [0.3, 0.4) is 0 Å². The fourth-order valence-electron chi connectivity index (χ4n) is 0.967. The molecule has 0 fully saturated rings. The highest BCUT2D eigenvalue weighted by molar-refractivity contribution is 9.10. The average Bonchev–Trinajstić information content (AvgIpc) is 2.17. The van der Waals surface area contributed by atoms with Crippen molar-refractivity contribution in [1.29, 1.82) is 0 Å². The number of nitrogens with one attached hydrogen (secondary N) is 1. The monoisotopic (exact) mass is 343 g/mol. The van der Waals surface area contributed by atoms with Gasteiger partial charge in [0.2, 0.25) is 0 Å². The van der Waals surface area contributed by atoms with E-state index < -0.39 is 5.54 Å². The molecule has 0 radical (unpaired) electrons. The van der Waals surface area contributed by atoms with Crippen molar-refractivity contribution in [3.63, 3.8) is 0 Å². The Kier molecular flexibility index (Phi) is 8.79. The minimum absolute atomic E-state index is 0. The van der Waals surface area contributed by atoms with E-state index in [1.54, 1.807) is 12.3 Å². The standard InChI is InChI=1S/C10H14BrN3O.2ClH/c1-10(2,6-12)14-9(15)7-3-8(11)5-13-4-7;;/h3-5H,6,12H2,1-2H3,(H,14,15);2*1H. The Hall–Kier alpha value is -0.360. The first-order valence-electron chi connectivity index (χ1n) is 4.58. The quantitative estimate of drug-likeness (QED) is 0.882. The Morgan fingerprint density at radius 3 is 2.53 bits per heavy atom. The molecular formula is C10H16BrCl2N3O. The highest BCUT2D eigenvalue weighted by atomic mass is 79.9. The van der Waals surface area contributed by atoms with Crippen molar-refractivity contribution >= 4 is 46.7 Å². The van der Waals surface area contributed by atoms with Gasteiger partial charge in [-0.3, -0.25) is 9.78 Å². The van der Waals surface area contributed by atoms with Gasteiger partial charge >= 0.3 is 0 Å². The van der Waals surface area contributed by atoms with Gasteiger partial charge in [-0.15, -0.1) is 24.8 Å². The number of nitrogens with two attached hydrogens (primary N) is 1. The van der Waals surface area contributed by atoms with Crippen molar-refractivity contribution < 1.29 is 4.79 Å². The van der Waals surface area contributed by atoms with Crippen LogP contribution in [0.25, 0.3) is 0 Å². The van der Waals surface area contributed by atoms with Crippen molar-refractivity contribution in [2.45, 2.75) is 19.4 Å². The minimum atomic E-state index is -0.403. The molecule has 0 saturated carbocycles. The number of amides is 1. The highest BCUT2D eigenvalue weighted by Gasteiger charge is 2.19. The summed E-state index contributed by atoms with van der Waals surface area (Å²) in [6.07, 6.45) is 3.15. The van der Waals surface area contributed by atoms with Gasteiger partial charge in [-0.25, -0.2) is 0 Å². The van der Waals surface area contributed by atoms with Crippen LogP contribution >= 0.6 is 40.7 Å². The molecule has 0 atom stereocenters. The van der Waals surface area contributed by atoms with Crippen LogP contribution in [0, 0.1) is 0 Å². The van der Waals surface area contributed by atoms with Crippen LogP contribution < -0.4 is 11.1 Å². The lowest BCUT2D eigenvalue weighted by Gasteiger charge is -2.24. The van der Waals surface area contributed by atoms with Gasteiger partial charge in [0.1, 0.15) is 0 Å². The Morgan fingerprint density at radius 2 is 2.06 bits per heavy atom. The third-order valence-corrected chi connectivity index (χ3v) is 2.36. The van der Waals surface area contributed by atoms with E-state index in [0.29, 0.717) is 12.1 Å². The lowest BCUT2D eigenvalue weighted by Crippen LogP contribution is -2.48. The van der Waals surface area contributed by atoms with Gasteiger partial charge in [-0.2, -0.15) is 0 Å². The largest absolute Gasteiger partial charge is 0.346 e. The summed E-state index contributed by atoms with van der Waals surface area (Å²) in [6.45, 7) is 4.13. The topological polar surface area (TPSA) is 68.0 Å². The summed E-state index contributed by atoms with van der Waals surface area (Å²) in [4.78, 5) is 15.7. The van der Waals surface area contributed by atoms with E-state index in [4.69, 9.17) is 5.73 Å². The number of carbonyl (C=O) groups excluding carboxylic acids is 1. The zero-order valence-electron chi connectivity index (χ0n) is 9.57. The molecule has 1 heterocycles. The molecule has 0 spiro atoms. The molecule has 17 heavy (non-hydrogen) atoms. The van der Waals surface area contributed by atoms with E-state index in [0.717, 1.165) is 4.47 Å². The van der Waals surface area contributed by atoms with E-state index in [1.165, 1.54) is 6.20 Å². The molecule has 7 heteroatoms. The number of hydrogen-bond donors (Lipinski definition) is 2. The number of nitrogens with zero attached hydrogens (tertiary/aromatic N) is 1. The van der Waals surface area contributed by atoms with Crippen LogP contribution in [0.2, 0.25) is 0 Å². The van der Waals surface area contributed by atoms with E-state index >= 15 is 0 Å². The summed E-state index contributed by atoms with van der Waals surface area (Å²) in [5.74, 6) is -0.167. The van der Waals surface area contributed by atoms with Crippen molar-refractivity contribution in [1.82, 2.24) is 10.3 Å². The summed E-state index contributed by atoms with van der Waals surface area (Å²) in [6, 6.07) is 1.72. The Labute approximate surface area is 122 Å². The molecule has 1 amide bonds. The highest BCUT2D eigenvalue weighted by Crippen LogP contribution is 2.10. The van der Waals surface area contributed by atoms with Crippen LogP contribution in [0.4, 0.5) is 0 Å². The minimum Gasteiger partial charge on any atom is -0.346 e. The number of rotatable bonds is 3. The predicted octanol–water partition coefficient (Wildman–Crippen LogP) is 2.15. The molecular weight excluding hydrogens is 329 g/mol. The fourth-order valence-corrected chi connectivity index (χ4v) is 1.33. The van der Waals surface area contributed by atoms with Crippen molar-refractivity contribution in [2.24, 2.45) is 5.73 Å². The normalized spacial score (nSPS) is 9.88.